The lowest BCUT2D eigenvalue weighted by atomic mass is 10.1. The molecule has 16 heavy (non-hydrogen) atoms. The molecule has 1 aliphatic carbocycles. The molecular weight excluding hydrogens is 202 g/mol. The first-order valence-electron chi connectivity index (χ1n) is 5.80. The molecule has 0 aromatic heterocycles. The summed E-state index contributed by atoms with van der Waals surface area (Å²) in [7, 11) is 0. The van der Waals surface area contributed by atoms with Crippen molar-refractivity contribution in [3.8, 4) is 0 Å². The van der Waals surface area contributed by atoms with Gasteiger partial charge < -0.3 is 5.11 Å². The van der Waals surface area contributed by atoms with E-state index in [2.05, 4.69) is 4.90 Å². The van der Waals surface area contributed by atoms with Crippen LogP contribution in [-0.4, -0.2) is 41.0 Å². The predicted molar refractivity (Wildman–Crippen MR) is 60.5 cm³/mol. The molecule has 0 amide bonds. The largest absolute Gasteiger partial charge is 0.392 e. The zero-order valence-electron chi connectivity index (χ0n) is 9.10. The van der Waals surface area contributed by atoms with Crippen molar-refractivity contribution in [3.05, 3.63) is 35.4 Å². The smallest absolute Gasteiger partial charge is 0.180 e. The van der Waals surface area contributed by atoms with E-state index < -0.39 is 0 Å². The second-order valence-corrected chi connectivity index (χ2v) is 4.68. The Hall–Kier alpha value is -1.19. The second kappa shape index (κ2) is 3.68. The number of benzene rings is 1. The predicted octanol–water partition coefficient (Wildman–Crippen LogP) is 0.861. The Balaban J connectivity index is 1.84. The Kier molecular flexibility index (Phi) is 2.30. The van der Waals surface area contributed by atoms with E-state index in [1.54, 1.807) is 0 Å². The summed E-state index contributed by atoms with van der Waals surface area (Å²) in [4.78, 5) is 14.3. The number of aliphatic hydroxyl groups excluding tert-OH is 1. The summed E-state index contributed by atoms with van der Waals surface area (Å²) in [5.41, 5.74) is 2.02. The van der Waals surface area contributed by atoms with E-state index in [0.717, 1.165) is 30.5 Å². The highest BCUT2D eigenvalue weighted by Crippen LogP contribution is 2.27. The Morgan fingerprint density at radius 2 is 2.12 bits per heavy atom. The molecule has 1 aromatic carbocycles. The molecular formula is C13H15NO2. The summed E-state index contributed by atoms with van der Waals surface area (Å²) in [6, 6.07) is 7.80. The fourth-order valence-corrected chi connectivity index (χ4v) is 2.77. The van der Waals surface area contributed by atoms with Gasteiger partial charge in [0, 0.05) is 18.7 Å². The third-order valence-electron chi connectivity index (χ3n) is 3.63. The molecule has 2 aliphatic rings. The summed E-state index contributed by atoms with van der Waals surface area (Å²) in [5.74, 6) is 0.227. The SMILES string of the molecule is O=C1c2ccccc2CC1N1CCC(O)C1. The number of nitrogens with zero attached hydrogens (tertiary/aromatic N) is 1. The minimum absolute atomic E-state index is 0.0328. The van der Waals surface area contributed by atoms with Gasteiger partial charge >= 0.3 is 0 Å². The number of Topliss-reactive ketones (excluding diaryl/α,β-unsaturated/α-hetero) is 1. The minimum Gasteiger partial charge on any atom is -0.392 e. The highest BCUT2D eigenvalue weighted by molar-refractivity contribution is 6.04. The topological polar surface area (TPSA) is 40.5 Å². The zero-order valence-corrected chi connectivity index (χ0v) is 9.10. The van der Waals surface area contributed by atoms with Crippen LogP contribution >= 0.6 is 0 Å². The number of fused-ring (bicyclic) bond motifs is 1. The van der Waals surface area contributed by atoms with Gasteiger partial charge in [0.2, 0.25) is 0 Å². The standard InChI is InChI=1S/C13H15NO2/c15-10-5-6-14(8-10)12-7-9-3-1-2-4-11(9)13(12)16/h1-4,10,12,15H,5-8H2. The van der Waals surface area contributed by atoms with Crippen molar-refractivity contribution in [2.45, 2.75) is 25.0 Å². The molecule has 0 radical (unpaired) electrons. The molecule has 1 heterocycles. The number of likely N-dealkylation sites (tertiary alicyclic amines) is 1. The summed E-state index contributed by atoms with van der Waals surface area (Å²) in [5, 5.41) is 9.51. The number of hydrogen-bond donors (Lipinski definition) is 1. The van der Waals surface area contributed by atoms with Crippen LogP contribution in [0.5, 0.6) is 0 Å². The third-order valence-corrected chi connectivity index (χ3v) is 3.63. The van der Waals surface area contributed by atoms with Gasteiger partial charge in [0.25, 0.3) is 0 Å². The molecule has 2 unspecified atom stereocenters. The maximum absolute atomic E-state index is 12.2. The average molecular weight is 217 g/mol. The molecule has 1 aromatic rings. The normalized spacial score (nSPS) is 29.7. The number of β-amino-alcohol motifs (C(OH)–C–C–N with tert-alkyl or cyclic N) is 1. The van der Waals surface area contributed by atoms with Crippen molar-refractivity contribution in [2.24, 2.45) is 0 Å². The van der Waals surface area contributed by atoms with Crippen molar-refractivity contribution in [1.29, 1.82) is 0 Å². The second-order valence-electron chi connectivity index (χ2n) is 4.68. The molecule has 1 N–H and O–H groups in total. The van der Waals surface area contributed by atoms with Crippen LogP contribution in [0.3, 0.4) is 0 Å². The maximum Gasteiger partial charge on any atom is 0.180 e. The third kappa shape index (κ3) is 1.47. The molecule has 0 spiro atoms. The van der Waals surface area contributed by atoms with E-state index in [9.17, 15) is 9.90 Å². The van der Waals surface area contributed by atoms with Gasteiger partial charge in [-0.1, -0.05) is 24.3 Å². The first kappa shape index (κ1) is 10.00. The number of rotatable bonds is 1. The Labute approximate surface area is 94.7 Å². The van der Waals surface area contributed by atoms with E-state index in [1.165, 1.54) is 0 Å². The Morgan fingerprint density at radius 1 is 1.31 bits per heavy atom. The molecule has 0 bridgehead atoms. The van der Waals surface area contributed by atoms with Crippen molar-refractivity contribution in [2.75, 3.05) is 13.1 Å². The number of aliphatic hydroxyl groups is 1. The molecule has 84 valence electrons. The van der Waals surface area contributed by atoms with Crippen LogP contribution in [0.25, 0.3) is 0 Å². The van der Waals surface area contributed by atoms with Crippen LogP contribution < -0.4 is 0 Å². The lowest BCUT2D eigenvalue weighted by Gasteiger charge is -2.21. The van der Waals surface area contributed by atoms with Gasteiger partial charge in [-0.15, -0.1) is 0 Å². The molecule has 3 rings (SSSR count). The highest BCUT2D eigenvalue weighted by atomic mass is 16.3. The van der Waals surface area contributed by atoms with Gasteiger partial charge in [0.15, 0.2) is 5.78 Å². The lowest BCUT2D eigenvalue weighted by Crippen LogP contribution is -2.38. The average Bonchev–Trinajstić information content (AvgIpc) is 2.84. The number of ketones is 1. The first-order valence-corrected chi connectivity index (χ1v) is 5.80. The summed E-state index contributed by atoms with van der Waals surface area (Å²) in [6.07, 6.45) is 1.35. The zero-order chi connectivity index (χ0) is 11.1. The quantitative estimate of drug-likeness (QED) is 0.758. The highest BCUT2D eigenvalue weighted by Gasteiger charge is 2.37. The van der Waals surface area contributed by atoms with Crippen LogP contribution in [0.4, 0.5) is 0 Å². The molecule has 3 heteroatoms. The van der Waals surface area contributed by atoms with E-state index in [1.807, 2.05) is 24.3 Å². The number of carbonyl (C=O) groups is 1. The number of hydrogen-bond acceptors (Lipinski definition) is 3. The van der Waals surface area contributed by atoms with Gasteiger partial charge in [-0.2, -0.15) is 0 Å². The molecule has 2 atom stereocenters. The van der Waals surface area contributed by atoms with Gasteiger partial charge in [-0.3, -0.25) is 9.69 Å². The van der Waals surface area contributed by atoms with Crippen molar-refractivity contribution in [3.63, 3.8) is 0 Å². The fraction of sp³-hybridized carbons (Fsp3) is 0.462. The number of carbonyl (C=O) groups excluding carboxylic acids is 1. The Bertz CT molecular complexity index is 430. The molecule has 1 fully saturated rings. The van der Waals surface area contributed by atoms with Crippen molar-refractivity contribution >= 4 is 5.78 Å². The molecule has 1 saturated heterocycles. The van der Waals surface area contributed by atoms with Crippen LogP contribution in [0.15, 0.2) is 24.3 Å². The summed E-state index contributed by atoms with van der Waals surface area (Å²) >= 11 is 0. The van der Waals surface area contributed by atoms with Crippen molar-refractivity contribution in [1.82, 2.24) is 4.90 Å². The van der Waals surface area contributed by atoms with Crippen LogP contribution in [0, 0.1) is 0 Å². The molecule has 3 nitrogen and oxygen atoms in total. The molecule has 1 aliphatic heterocycles. The minimum atomic E-state index is -0.253. The maximum atomic E-state index is 12.2. The monoisotopic (exact) mass is 217 g/mol. The lowest BCUT2D eigenvalue weighted by molar-refractivity contribution is 0.0851. The Morgan fingerprint density at radius 3 is 2.81 bits per heavy atom. The van der Waals surface area contributed by atoms with Crippen LogP contribution in [0.2, 0.25) is 0 Å². The van der Waals surface area contributed by atoms with E-state index >= 15 is 0 Å². The summed E-state index contributed by atoms with van der Waals surface area (Å²) < 4.78 is 0. The van der Waals surface area contributed by atoms with Crippen molar-refractivity contribution < 1.29 is 9.90 Å². The van der Waals surface area contributed by atoms with Gasteiger partial charge in [-0.25, -0.2) is 0 Å². The van der Waals surface area contributed by atoms with E-state index in [0.29, 0.717) is 6.54 Å². The van der Waals surface area contributed by atoms with Crippen LogP contribution in [-0.2, 0) is 6.42 Å². The van der Waals surface area contributed by atoms with E-state index in [4.69, 9.17) is 0 Å². The first-order chi connectivity index (χ1) is 7.75. The van der Waals surface area contributed by atoms with Gasteiger partial charge in [-0.05, 0) is 18.4 Å². The fourth-order valence-electron chi connectivity index (χ4n) is 2.77. The van der Waals surface area contributed by atoms with Gasteiger partial charge in [0.1, 0.15) is 0 Å². The molecule has 0 saturated carbocycles. The van der Waals surface area contributed by atoms with Gasteiger partial charge in [0.05, 0.1) is 12.1 Å². The summed E-state index contributed by atoms with van der Waals surface area (Å²) in [6.45, 7) is 1.48. The van der Waals surface area contributed by atoms with E-state index in [-0.39, 0.29) is 17.9 Å². The van der Waals surface area contributed by atoms with Crippen LogP contribution in [0.1, 0.15) is 22.3 Å².